The molecule has 0 atom stereocenters. The zero-order chi connectivity index (χ0) is 20.2. The van der Waals surface area contributed by atoms with E-state index in [4.69, 9.17) is 9.53 Å². The first-order chi connectivity index (χ1) is 12.9. The van der Waals surface area contributed by atoms with Crippen molar-refractivity contribution >= 4 is 12.1 Å². The van der Waals surface area contributed by atoms with E-state index in [1.807, 2.05) is 26.0 Å². The van der Waals surface area contributed by atoms with E-state index < -0.39 is 6.61 Å². The summed E-state index contributed by atoms with van der Waals surface area (Å²) in [6.45, 7) is 1.27. The molecule has 0 saturated carbocycles. The smallest absolute Gasteiger partial charge is 0.387 e. The van der Waals surface area contributed by atoms with E-state index in [0.29, 0.717) is 23.5 Å². The Balaban J connectivity index is 0.000000828. The lowest BCUT2D eigenvalue weighted by atomic mass is 10.1. The van der Waals surface area contributed by atoms with Gasteiger partial charge in [0.15, 0.2) is 0 Å². The lowest BCUT2D eigenvalue weighted by Gasteiger charge is -2.16. The van der Waals surface area contributed by atoms with Crippen molar-refractivity contribution < 1.29 is 23.0 Å². The molecule has 2 rings (SSSR count). The van der Waals surface area contributed by atoms with Crippen molar-refractivity contribution in [3.63, 3.8) is 0 Å². The second kappa shape index (κ2) is 11.6. The molecule has 9 heteroatoms. The molecule has 7 nitrogen and oxygen atoms in total. The Labute approximate surface area is 156 Å². The minimum absolute atomic E-state index is 0.0770. The monoisotopic (exact) mass is 382 g/mol. The van der Waals surface area contributed by atoms with E-state index in [2.05, 4.69) is 20.9 Å². The number of rotatable bonds is 8. The normalized spacial score (nSPS) is 10.1. The molecule has 4 N–H and O–H groups in total. The number of benzene rings is 1. The highest BCUT2D eigenvalue weighted by atomic mass is 19.3. The molecule has 0 aliphatic heterocycles. The van der Waals surface area contributed by atoms with E-state index in [1.165, 1.54) is 6.07 Å². The molecular weight excluding hydrogens is 358 g/mol. The molecule has 0 bridgehead atoms. The van der Waals surface area contributed by atoms with Gasteiger partial charge in [0, 0.05) is 24.5 Å². The predicted octanol–water partition coefficient (Wildman–Crippen LogP) is 3.03. The van der Waals surface area contributed by atoms with Crippen LogP contribution in [0.25, 0.3) is 0 Å². The van der Waals surface area contributed by atoms with Gasteiger partial charge in [-0.25, -0.2) is 10.8 Å². The van der Waals surface area contributed by atoms with E-state index >= 15 is 0 Å². The lowest BCUT2D eigenvalue weighted by Crippen LogP contribution is -2.18. The molecule has 1 aromatic heterocycles. The predicted molar refractivity (Wildman–Crippen MR) is 98.7 cm³/mol. The fourth-order valence-electron chi connectivity index (χ4n) is 2.13. The van der Waals surface area contributed by atoms with E-state index in [9.17, 15) is 8.78 Å². The van der Waals surface area contributed by atoms with Gasteiger partial charge in [-0.3, -0.25) is 10.2 Å². The van der Waals surface area contributed by atoms with Crippen molar-refractivity contribution in [1.29, 1.82) is 0 Å². The Kier molecular flexibility index (Phi) is 9.52. The highest BCUT2D eigenvalue weighted by Gasteiger charge is 2.14. The molecule has 0 radical (unpaired) electrons. The number of pyridine rings is 1. The maximum atomic E-state index is 12.5. The van der Waals surface area contributed by atoms with Crippen LogP contribution in [0.2, 0.25) is 0 Å². The highest BCUT2D eigenvalue weighted by Crippen LogP contribution is 2.29. The molecule has 0 unspecified atom stereocenters. The number of aromatic nitrogens is 1. The molecular formula is C18H24F2N4O3. The molecule has 148 valence electrons. The van der Waals surface area contributed by atoms with Crippen molar-refractivity contribution in [2.45, 2.75) is 33.0 Å². The van der Waals surface area contributed by atoms with Gasteiger partial charge in [0.05, 0.1) is 5.56 Å². The quantitative estimate of drug-likeness (QED) is 0.281. The van der Waals surface area contributed by atoms with Crippen LogP contribution < -0.4 is 26.1 Å². The number of nitrogens with zero attached hydrogens (tertiary/aromatic N) is 1. The number of anilines is 1. The summed E-state index contributed by atoms with van der Waals surface area (Å²) < 4.78 is 35.3. The van der Waals surface area contributed by atoms with Crippen molar-refractivity contribution in [3.8, 4) is 11.6 Å². The fraction of sp³-hybridized carbons (Fsp3) is 0.333. The molecule has 2 aromatic rings. The first-order valence-electron chi connectivity index (χ1n) is 8.16. The fourth-order valence-corrected chi connectivity index (χ4v) is 2.13. The SMILES string of the molecule is CNc1cccc(OC(F)F)c1COc1cccc(C(C)C)n1.NNC=O. The van der Waals surface area contributed by atoms with E-state index in [1.54, 1.807) is 30.7 Å². The van der Waals surface area contributed by atoms with E-state index in [0.717, 1.165) is 5.69 Å². The Morgan fingerprint density at radius 1 is 1.22 bits per heavy atom. The Hall–Kier alpha value is -2.94. The number of amides is 1. The summed E-state index contributed by atoms with van der Waals surface area (Å²) in [4.78, 5) is 13.3. The summed E-state index contributed by atoms with van der Waals surface area (Å²) in [5, 5.41) is 2.95. The third kappa shape index (κ3) is 7.45. The minimum atomic E-state index is -2.89. The van der Waals surface area contributed by atoms with Crippen LogP contribution in [0.3, 0.4) is 0 Å². The average molecular weight is 382 g/mol. The van der Waals surface area contributed by atoms with Gasteiger partial charge >= 0.3 is 6.61 Å². The maximum absolute atomic E-state index is 12.5. The van der Waals surface area contributed by atoms with Crippen LogP contribution in [-0.4, -0.2) is 25.1 Å². The Morgan fingerprint density at radius 3 is 2.44 bits per heavy atom. The van der Waals surface area contributed by atoms with Gasteiger partial charge in [-0.1, -0.05) is 26.0 Å². The van der Waals surface area contributed by atoms with Crippen LogP contribution in [0.15, 0.2) is 36.4 Å². The molecule has 0 spiro atoms. The van der Waals surface area contributed by atoms with Gasteiger partial charge in [0.2, 0.25) is 12.3 Å². The lowest BCUT2D eigenvalue weighted by molar-refractivity contribution is -0.109. The van der Waals surface area contributed by atoms with Crippen LogP contribution in [0, 0.1) is 0 Å². The van der Waals surface area contributed by atoms with Gasteiger partial charge < -0.3 is 14.8 Å². The standard InChI is InChI=1S/C17H20F2N2O2.CH4N2O/c1-11(2)13-6-5-9-16(21-13)22-10-12-14(20-3)7-4-8-15(12)23-17(18)19;2-3-1-4/h4-9,11,17,20H,10H2,1-3H3;1H,2H2,(H,3,4). The zero-order valence-electron chi connectivity index (χ0n) is 15.4. The van der Waals surface area contributed by atoms with Crippen LogP contribution in [0.5, 0.6) is 11.6 Å². The van der Waals surface area contributed by atoms with Crippen molar-refractivity contribution in [3.05, 3.63) is 47.7 Å². The number of alkyl halides is 2. The summed E-state index contributed by atoms with van der Waals surface area (Å²) in [5.74, 6) is 5.23. The van der Waals surface area contributed by atoms with Gasteiger partial charge in [-0.15, -0.1) is 0 Å². The minimum Gasteiger partial charge on any atom is -0.473 e. The molecule has 0 aliphatic rings. The Morgan fingerprint density at radius 2 is 1.89 bits per heavy atom. The van der Waals surface area contributed by atoms with Crippen molar-refractivity contribution in [2.24, 2.45) is 5.84 Å². The summed E-state index contributed by atoms with van der Waals surface area (Å²) in [6.07, 6.45) is 0.403. The largest absolute Gasteiger partial charge is 0.473 e. The third-order valence-corrected chi connectivity index (χ3v) is 3.39. The van der Waals surface area contributed by atoms with Crippen LogP contribution in [0.4, 0.5) is 14.5 Å². The first kappa shape index (κ1) is 22.1. The van der Waals surface area contributed by atoms with Crippen molar-refractivity contribution in [2.75, 3.05) is 12.4 Å². The van der Waals surface area contributed by atoms with Gasteiger partial charge in [0.25, 0.3) is 0 Å². The molecule has 1 amide bonds. The number of carbonyl (C=O) groups is 1. The van der Waals surface area contributed by atoms with Crippen molar-refractivity contribution in [1.82, 2.24) is 10.4 Å². The topological polar surface area (TPSA) is 98.5 Å². The summed E-state index contributed by atoms with van der Waals surface area (Å²) >= 11 is 0. The number of ether oxygens (including phenoxy) is 2. The summed E-state index contributed by atoms with van der Waals surface area (Å²) in [7, 11) is 1.71. The van der Waals surface area contributed by atoms with Crippen LogP contribution in [-0.2, 0) is 11.4 Å². The van der Waals surface area contributed by atoms with Gasteiger partial charge in [-0.2, -0.15) is 8.78 Å². The second-order valence-corrected chi connectivity index (χ2v) is 5.54. The molecule has 1 aromatic carbocycles. The first-order valence-corrected chi connectivity index (χ1v) is 8.16. The van der Waals surface area contributed by atoms with Gasteiger partial charge in [-0.05, 0) is 24.1 Å². The average Bonchev–Trinajstić information content (AvgIpc) is 2.66. The number of hydrogen-bond donors (Lipinski definition) is 3. The Bertz CT molecular complexity index is 715. The number of nitrogens with two attached hydrogens (primary N) is 1. The number of carbonyl (C=O) groups excluding carboxylic acids is 1. The summed E-state index contributed by atoms with van der Waals surface area (Å²) in [5.41, 5.74) is 3.85. The third-order valence-electron chi connectivity index (χ3n) is 3.39. The molecule has 0 fully saturated rings. The number of hydrogen-bond acceptors (Lipinski definition) is 6. The zero-order valence-corrected chi connectivity index (χ0v) is 15.4. The second-order valence-electron chi connectivity index (χ2n) is 5.54. The van der Waals surface area contributed by atoms with Crippen LogP contribution in [0.1, 0.15) is 31.0 Å². The summed E-state index contributed by atoms with van der Waals surface area (Å²) in [6, 6.07) is 10.4. The number of nitrogens with one attached hydrogen (secondary N) is 2. The highest BCUT2D eigenvalue weighted by molar-refractivity contribution is 5.57. The molecule has 0 saturated heterocycles. The molecule has 27 heavy (non-hydrogen) atoms. The molecule has 1 heterocycles. The van der Waals surface area contributed by atoms with E-state index in [-0.39, 0.29) is 18.3 Å². The molecule has 0 aliphatic carbocycles. The number of hydrazine groups is 1. The van der Waals surface area contributed by atoms with Gasteiger partial charge in [0.1, 0.15) is 12.4 Å². The van der Waals surface area contributed by atoms with Crippen LogP contribution >= 0.6 is 0 Å². The maximum Gasteiger partial charge on any atom is 0.387 e. The number of halogens is 2.